The minimum atomic E-state index is -0.792. The zero-order chi connectivity index (χ0) is 15.1. The first kappa shape index (κ1) is 12.7. The summed E-state index contributed by atoms with van der Waals surface area (Å²) in [6.45, 7) is 0. The van der Waals surface area contributed by atoms with Gasteiger partial charge in [-0.15, -0.1) is 0 Å². The van der Waals surface area contributed by atoms with Crippen LogP contribution in [0.15, 0.2) is 52.6 Å². The van der Waals surface area contributed by atoms with Crippen LogP contribution in [0.2, 0.25) is 0 Å². The Labute approximate surface area is 126 Å². The maximum atomic E-state index is 12.2. The first-order chi connectivity index (χ1) is 10.8. The molecule has 0 N–H and O–H groups in total. The van der Waals surface area contributed by atoms with E-state index < -0.39 is 6.10 Å². The van der Waals surface area contributed by atoms with Crippen molar-refractivity contribution in [1.29, 1.82) is 0 Å². The summed E-state index contributed by atoms with van der Waals surface area (Å²) >= 11 is 0. The lowest BCUT2D eigenvalue weighted by Crippen LogP contribution is -2.34. The molecule has 2 aliphatic heterocycles. The van der Waals surface area contributed by atoms with Gasteiger partial charge in [0.15, 0.2) is 5.84 Å². The number of hydrogen-bond acceptors (Lipinski definition) is 5. The van der Waals surface area contributed by atoms with E-state index in [1.54, 1.807) is 25.4 Å². The SMILES string of the molecule is COc1cccc(C2=NC(=O)C3Oc4ncccc4C3=N2)c1. The highest BCUT2D eigenvalue weighted by atomic mass is 16.5. The first-order valence-electron chi connectivity index (χ1n) is 6.74. The molecule has 1 amide bonds. The average Bonchev–Trinajstić information content (AvgIpc) is 2.94. The minimum Gasteiger partial charge on any atom is -0.497 e. The molecule has 1 atom stereocenters. The van der Waals surface area contributed by atoms with Crippen LogP contribution in [-0.4, -0.2) is 35.7 Å². The minimum absolute atomic E-state index is 0.357. The van der Waals surface area contributed by atoms with Gasteiger partial charge in [0.05, 0.1) is 12.7 Å². The van der Waals surface area contributed by atoms with Crippen LogP contribution in [0, 0.1) is 0 Å². The van der Waals surface area contributed by atoms with Crippen molar-refractivity contribution in [3.63, 3.8) is 0 Å². The number of carbonyl (C=O) groups excluding carboxylic acids is 1. The molecule has 22 heavy (non-hydrogen) atoms. The molecule has 6 heteroatoms. The van der Waals surface area contributed by atoms with Crippen LogP contribution >= 0.6 is 0 Å². The van der Waals surface area contributed by atoms with E-state index in [4.69, 9.17) is 9.47 Å². The molecule has 0 radical (unpaired) electrons. The molecule has 6 nitrogen and oxygen atoms in total. The summed E-state index contributed by atoms with van der Waals surface area (Å²) in [4.78, 5) is 24.9. The molecular formula is C16H11N3O3. The summed E-state index contributed by atoms with van der Waals surface area (Å²) < 4.78 is 10.7. The molecule has 1 unspecified atom stereocenters. The Morgan fingerprint density at radius 2 is 2.09 bits per heavy atom. The van der Waals surface area contributed by atoms with Crippen LogP contribution in [0.1, 0.15) is 11.1 Å². The third-order valence-corrected chi connectivity index (χ3v) is 3.52. The van der Waals surface area contributed by atoms with Crippen LogP contribution in [0.3, 0.4) is 0 Å². The van der Waals surface area contributed by atoms with Crippen molar-refractivity contribution in [3.05, 3.63) is 53.7 Å². The predicted octanol–water partition coefficient (Wildman–Crippen LogP) is 1.63. The van der Waals surface area contributed by atoms with Gasteiger partial charge in [0, 0.05) is 11.8 Å². The van der Waals surface area contributed by atoms with Gasteiger partial charge in [-0.1, -0.05) is 12.1 Å². The van der Waals surface area contributed by atoms with Crippen LogP contribution in [-0.2, 0) is 4.79 Å². The number of carbonyl (C=O) groups is 1. The van der Waals surface area contributed by atoms with E-state index in [0.29, 0.717) is 23.2 Å². The molecule has 0 spiro atoms. The van der Waals surface area contributed by atoms with Crippen molar-refractivity contribution in [2.75, 3.05) is 7.11 Å². The van der Waals surface area contributed by atoms with Gasteiger partial charge in [0.1, 0.15) is 11.5 Å². The maximum absolute atomic E-state index is 12.2. The van der Waals surface area contributed by atoms with Gasteiger partial charge in [-0.3, -0.25) is 4.79 Å². The number of amides is 1. The van der Waals surface area contributed by atoms with Gasteiger partial charge in [0.2, 0.25) is 12.0 Å². The average molecular weight is 293 g/mol. The Hall–Kier alpha value is -3.02. The molecule has 1 aromatic carbocycles. The zero-order valence-corrected chi connectivity index (χ0v) is 11.7. The molecule has 3 heterocycles. The summed E-state index contributed by atoms with van der Waals surface area (Å²) in [6.07, 6.45) is 0.824. The van der Waals surface area contributed by atoms with E-state index in [2.05, 4.69) is 15.0 Å². The van der Waals surface area contributed by atoms with Crippen molar-refractivity contribution in [1.82, 2.24) is 4.98 Å². The summed E-state index contributed by atoms with van der Waals surface area (Å²) in [5, 5.41) is 0. The number of benzene rings is 1. The summed E-state index contributed by atoms with van der Waals surface area (Å²) in [5.41, 5.74) is 2.01. The highest BCUT2D eigenvalue weighted by Crippen LogP contribution is 2.30. The Morgan fingerprint density at radius 1 is 1.18 bits per heavy atom. The number of rotatable bonds is 2. The Bertz CT molecular complexity index is 842. The van der Waals surface area contributed by atoms with Crippen molar-refractivity contribution in [2.24, 2.45) is 9.98 Å². The summed E-state index contributed by atoms with van der Waals surface area (Å²) in [7, 11) is 1.58. The lowest BCUT2D eigenvalue weighted by atomic mass is 10.1. The fraction of sp³-hybridized carbons (Fsp3) is 0.125. The van der Waals surface area contributed by atoms with Gasteiger partial charge >= 0.3 is 0 Å². The quantitative estimate of drug-likeness (QED) is 0.843. The standard InChI is InChI=1S/C16H11N3O3/c1-21-10-5-2-4-9(8-10)14-18-12-11-6-3-7-17-16(11)22-13(12)15(20)19-14/h2-8,13H,1H3. The molecule has 2 aliphatic rings. The van der Waals surface area contributed by atoms with E-state index in [9.17, 15) is 4.79 Å². The van der Waals surface area contributed by atoms with Crippen LogP contribution in [0.4, 0.5) is 0 Å². The topological polar surface area (TPSA) is 73.1 Å². The molecule has 108 valence electrons. The van der Waals surface area contributed by atoms with Gasteiger partial charge in [-0.2, -0.15) is 4.99 Å². The third-order valence-electron chi connectivity index (χ3n) is 3.52. The monoisotopic (exact) mass is 293 g/mol. The van der Waals surface area contributed by atoms with Crippen molar-refractivity contribution >= 4 is 17.5 Å². The van der Waals surface area contributed by atoms with Gasteiger partial charge < -0.3 is 9.47 Å². The molecule has 2 aromatic rings. The van der Waals surface area contributed by atoms with Crippen molar-refractivity contribution < 1.29 is 14.3 Å². The maximum Gasteiger partial charge on any atom is 0.295 e. The second kappa shape index (κ2) is 4.77. The van der Waals surface area contributed by atoms with Crippen molar-refractivity contribution in [2.45, 2.75) is 6.10 Å². The predicted molar refractivity (Wildman–Crippen MR) is 79.7 cm³/mol. The largest absolute Gasteiger partial charge is 0.497 e. The highest BCUT2D eigenvalue weighted by Gasteiger charge is 2.39. The van der Waals surface area contributed by atoms with E-state index in [-0.39, 0.29) is 5.91 Å². The van der Waals surface area contributed by atoms with Crippen LogP contribution in [0.5, 0.6) is 11.6 Å². The Morgan fingerprint density at radius 3 is 2.95 bits per heavy atom. The Kier molecular flexibility index (Phi) is 2.75. The first-order valence-corrected chi connectivity index (χ1v) is 6.74. The number of aromatic nitrogens is 1. The number of aliphatic imine (C=N–C) groups is 2. The van der Waals surface area contributed by atoms with Gasteiger partial charge in [-0.25, -0.2) is 9.98 Å². The number of methoxy groups -OCH3 is 1. The lowest BCUT2D eigenvalue weighted by molar-refractivity contribution is -0.121. The number of ether oxygens (including phenoxy) is 2. The lowest BCUT2D eigenvalue weighted by Gasteiger charge is -2.13. The number of nitrogens with zero attached hydrogens (tertiary/aromatic N) is 3. The number of hydrogen-bond donors (Lipinski definition) is 0. The van der Waals surface area contributed by atoms with E-state index >= 15 is 0 Å². The Balaban J connectivity index is 1.81. The molecular weight excluding hydrogens is 282 g/mol. The normalized spacial score (nSPS) is 18.8. The molecule has 0 saturated heterocycles. The molecule has 0 saturated carbocycles. The number of fused-ring (bicyclic) bond motifs is 3. The number of amidine groups is 1. The molecule has 0 fully saturated rings. The van der Waals surface area contributed by atoms with Gasteiger partial charge in [0.25, 0.3) is 5.91 Å². The van der Waals surface area contributed by atoms with Crippen LogP contribution in [0.25, 0.3) is 0 Å². The second-order valence-corrected chi connectivity index (χ2v) is 4.86. The fourth-order valence-corrected chi connectivity index (χ4v) is 2.47. The second-order valence-electron chi connectivity index (χ2n) is 4.86. The summed E-state index contributed by atoms with van der Waals surface area (Å²) in [6, 6.07) is 10.9. The third kappa shape index (κ3) is 1.88. The number of pyridine rings is 1. The molecule has 4 rings (SSSR count). The summed E-state index contributed by atoms with van der Waals surface area (Å²) in [5.74, 6) is 1.08. The smallest absolute Gasteiger partial charge is 0.295 e. The molecule has 1 aromatic heterocycles. The van der Waals surface area contributed by atoms with E-state index in [1.165, 1.54) is 0 Å². The zero-order valence-electron chi connectivity index (χ0n) is 11.7. The van der Waals surface area contributed by atoms with Crippen LogP contribution < -0.4 is 9.47 Å². The fourth-order valence-electron chi connectivity index (χ4n) is 2.47. The van der Waals surface area contributed by atoms with E-state index in [1.807, 2.05) is 24.3 Å². The molecule has 0 aliphatic carbocycles. The van der Waals surface area contributed by atoms with E-state index in [0.717, 1.165) is 11.1 Å². The highest BCUT2D eigenvalue weighted by molar-refractivity contribution is 6.28. The van der Waals surface area contributed by atoms with Crippen molar-refractivity contribution in [3.8, 4) is 11.6 Å². The van der Waals surface area contributed by atoms with Gasteiger partial charge in [-0.05, 0) is 24.3 Å². The molecule has 0 bridgehead atoms.